The molecule has 0 saturated heterocycles. The molecule has 134 valence electrons. The molecule has 0 saturated carbocycles. The summed E-state index contributed by atoms with van der Waals surface area (Å²) >= 11 is 0. The van der Waals surface area contributed by atoms with E-state index in [1.807, 2.05) is 30.3 Å². The lowest BCUT2D eigenvalue weighted by atomic mass is 10.1. The number of carbonyl (C=O) groups excluding carboxylic acids is 1. The zero-order valence-corrected chi connectivity index (χ0v) is 14.8. The van der Waals surface area contributed by atoms with E-state index in [9.17, 15) is 4.79 Å². The third-order valence-corrected chi connectivity index (χ3v) is 3.79. The zero-order valence-electron chi connectivity index (χ0n) is 14.8. The summed E-state index contributed by atoms with van der Waals surface area (Å²) in [6.45, 7) is 1.84. The molecular formula is C20H19NO5. The molecule has 0 aliphatic heterocycles. The van der Waals surface area contributed by atoms with Gasteiger partial charge >= 0.3 is 5.97 Å². The minimum atomic E-state index is -0.546. The van der Waals surface area contributed by atoms with Crippen molar-refractivity contribution in [3.8, 4) is 22.8 Å². The Bertz CT molecular complexity index is 902. The number of esters is 1. The van der Waals surface area contributed by atoms with Crippen LogP contribution in [0.25, 0.3) is 11.3 Å². The number of carbonyl (C=O) groups is 1. The Morgan fingerprint density at radius 2 is 1.77 bits per heavy atom. The van der Waals surface area contributed by atoms with Gasteiger partial charge < -0.3 is 18.6 Å². The van der Waals surface area contributed by atoms with Crippen LogP contribution in [0.2, 0.25) is 0 Å². The highest BCUT2D eigenvalue weighted by atomic mass is 16.5. The van der Waals surface area contributed by atoms with Crippen LogP contribution in [0.5, 0.6) is 11.5 Å². The van der Waals surface area contributed by atoms with Crippen LogP contribution in [-0.4, -0.2) is 25.2 Å². The number of rotatable bonds is 6. The third kappa shape index (κ3) is 3.69. The molecule has 0 aliphatic carbocycles. The molecule has 3 rings (SSSR count). The molecule has 6 heteroatoms. The fourth-order valence-electron chi connectivity index (χ4n) is 2.53. The predicted molar refractivity (Wildman–Crippen MR) is 95.3 cm³/mol. The van der Waals surface area contributed by atoms with Crippen LogP contribution in [-0.2, 0) is 11.3 Å². The number of nitrogens with zero attached hydrogens (tertiary/aromatic N) is 1. The summed E-state index contributed by atoms with van der Waals surface area (Å²) in [5, 5.41) is 0. The largest absolute Gasteiger partial charge is 0.493 e. The van der Waals surface area contributed by atoms with Crippen LogP contribution in [0.15, 0.2) is 52.9 Å². The average Bonchev–Trinajstić information content (AvgIpc) is 3.08. The number of methoxy groups -OCH3 is 2. The monoisotopic (exact) mass is 353 g/mol. The fraction of sp³-hybridized carbons (Fsp3) is 0.200. The first kappa shape index (κ1) is 17.5. The number of ether oxygens (including phenoxy) is 3. The van der Waals surface area contributed by atoms with Crippen molar-refractivity contribution in [3.05, 3.63) is 65.7 Å². The lowest BCUT2D eigenvalue weighted by molar-refractivity contribution is 0.0467. The molecule has 6 nitrogen and oxygen atoms in total. The third-order valence-electron chi connectivity index (χ3n) is 3.79. The van der Waals surface area contributed by atoms with Crippen molar-refractivity contribution in [2.24, 2.45) is 0 Å². The first-order chi connectivity index (χ1) is 12.6. The van der Waals surface area contributed by atoms with Gasteiger partial charge in [-0.2, -0.15) is 0 Å². The number of aromatic nitrogens is 1. The second-order valence-electron chi connectivity index (χ2n) is 5.54. The summed E-state index contributed by atoms with van der Waals surface area (Å²) in [5.74, 6) is 1.28. The minimum absolute atomic E-state index is 0.130. The normalized spacial score (nSPS) is 10.4. The second kappa shape index (κ2) is 7.74. The minimum Gasteiger partial charge on any atom is -0.493 e. The quantitative estimate of drug-likeness (QED) is 0.623. The van der Waals surface area contributed by atoms with Crippen molar-refractivity contribution in [1.82, 2.24) is 4.98 Å². The topological polar surface area (TPSA) is 70.8 Å². The standard InChI is InChI=1S/C20H19NO5/c1-13-21-18(20(22)25-12-14-7-5-4-6-8-14)19(26-13)15-9-10-16(23-2)17(11-15)24-3/h4-11H,12H2,1-3H3. The van der Waals surface area contributed by atoms with Crippen LogP contribution >= 0.6 is 0 Å². The van der Waals surface area contributed by atoms with E-state index >= 15 is 0 Å². The molecule has 0 bridgehead atoms. The van der Waals surface area contributed by atoms with Gasteiger partial charge in [-0.1, -0.05) is 30.3 Å². The SMILES string of the molecule is COc1ccc(-c2oc(C)nc2C(=O)OCc2ccccc2)cc1OC. The number of aryl methyl sites for hydroxylation is 1. The predicted octanol–water partition coefficient (Wildman–Crippen LogP) is 4.02. The molecule has 0 radical (unpaired) electrons. The smallest absolute Gasteiger partial charge is 0.361 e. The summed E-state index contributed by atoms with van der Waals surface area (Å²) in [4.78, 5) is 16.7. The molecule has 1 aromatic heterocycles. The van der Waals surface area contributed by atoms with E-state index in [0.29, 0.717) is 28.7 Å². The van der Waals surface area contributed by atoms with E-state index in [0.717, 1.165) is 5.56 Å². The van der Waals surface area contributed by atoms with Crippen molar-refractivity contribution in [2.45, 2.75) is 13.5 Å². The molecule has 0 atom stereocenters. The summed E-state index contributed by atoms with van der Waals surface area (Å²) in [6, 6.07) is 14.7. The van der Waals surface area contributed by atoms with Crippen LogP contribution in [0.1, 0.15) is 21.9 Å². The van der Waals surface area contributed by atoms with Gasteiger partial charge in [-0.05, 0) is 23.8 Å². The first-order valence-corrected chi connectivity index (χ1v) is 8.03. The molecule has 0 N–H and O–H groups in total. The lowest BCUT2D eigenvalue weighted by Gasteiger charge is -2.09. The van der Waals surface area contributed by atoms with Gasteiger partial charge in [-0.25, -0.2) is 9.78 Å². The van der Waals surface area contributed by atoms with E-state index < -0.39 is 5.97 Å². The van der Waals surface area contributed by atoms with E-state index in [4.69, 9.17) is 18.6 Å². The Hall–Kier alpha value is -3.28. The molecule has 0 fully saturated rings. The summed E-state index contributed by atoms with van der Waals surface area (Å²) < 4.78 is 21.6. The maximum atomic E-state index is 12.5. The van der Waals surface area contributed by atoms with Crippen molar-refractivity contribution in [3.63, 3.8) is 0 Å². The number of benzene rings is 2. The van der Waals surface area contributed by atoms with Crippen LogP contribution in [0.4, 0.5) is 0 Å². The molecule has 1 heterocycles. The van der Waals surface area contributed by atoms with Gasteiger partial charge in [-0.3, -0.25) is 0 Å². The van der Waals surface area contributed by atoms with Gasteiger partial charge in [-0.15, -0.1) is 0 Å². The Labute approximate surface area is 151 Å². The van der Waals surface area contributed by atoms with Crippen LogP contribution in [0.3, 0.4) is 0 Å². The Balaban J connectivity index is 1.87. The maximum Gasteiger partial charge on any atom is 0.361 e. The maximum absolute atomic E-state index is 12.5. The van der Waals surface area contributed by atoms with Crippen LogP contribution in [0, 0.1) is 6.92 Å². The second-order valence-corrected chi connectivity index (χ2v) is 5.54. The highest BCUT2D eigenvalue weighted by Crippen LogP contribution is 2.34. The highest BCUT2D eigenvalue weighted by Gasteiger charge is 2.22. The first-order valence-electron chi connectivity index (χ1n) is 8.03. The fourth-order valence-corrected chi connectivity index (χ4v) is 2.53. The van der Waals surface area contributed by atoms with Crippen molar-refractivity contribution < 1.29 is 23.4 Å². The van der Waals surface area contributed by atoms with Crippen molar-refractivity contribution in [1.29, 1.82) is 0 Å². The number of hydrogen-bond donors (Lipinski definition) is 0. The average molecular weight is 353 g/mol. The zero-order chi connectivity index (χ0) is 18.5. The molecule has 2 aromatic carbocycles. The van der Waals surface area contributed by atoms with Crippen molar-refractivity contribution in [2.75, 3.05) is 14.2 Å². The van der Waals surface area contributed by atoms with E-state index in [2.05, 4.69) is 4.98 Å². The van der Waals surface area contributed by atoms with Gasteiger partial charge in [0, 0.05) is 12.5 Å². The van der Waals surface area contributed by atoms with Gasteiger partial charge in [0.05, 0.1) is 14.2 Å². The Kier molecular flexibility index (Phi) is 5.22. The number of oxazole rings is 1. The van der Waals surface area contributed by atoms with Gasteiger partial charge in [0.25, 0.3) is 0 Å². The van der Waals surface area contributed by atoms with E-state index in [-0.39, 0.29) is 12.3 Å². The molecule has 0 spiro atoms. The summed E-state index contributed by atoms with van der Waals surface area (Å²) in [6.07, 6.45) is 0. The molecule has 0 unspecified atom stereocenters. The van der Waals surface area contributed by atoms with E-state index in [1.165, 1.54) is 0 Å². The summed E-state index contributed by atoms with van der Waals surface area (Å²) in [5.41, 5.74) is 1.68. The Morgan fingerprint density at radius 1 is 1.04 bits per heavy atom. The van der Waals surface area contributed by atoms with Gasteiger partial charge in [0.15, 0.2) is 28.8 Å². The highest BCUT2D eigenvalue weighted by molar-refractivity contribution is 5.93. The molecular weight excluding hydrogens is 334 g/mol. The van der Waals surface area contributed by atoms with Gasteiger partial charge in [0.1, 0.15) is 6.61 Å². The van der Waals surface area contributed by atoms with E-state index in [1.54, 1.807) is 39.3 Å². The van der Waals surface area contributed by atoms with Gasteiger partial charge in [0.2, 0.25) is 0 Å². The van der Waals surface area contributed by atoms with Crippen molar-refractivity contribution >= 4 is 5.97 Å². The molecule has 0 amide bonds. The summed E-state index contributed by atoms with van der Waals surface area (Å²) in [7, 11) is 3.10. The van der Waals surface area contributed by atoms with Crippen LogP contribution < -0.4 is 9.47 Å². The number of hydrogen-bond acceptors (Lipinski definition) is 6. The lowest BCUT2D eigenvalue weighted by Crippen LogP contribution is -2.07. The molecule has 0 aliphatic rings. The Morgan fingerprint density at radius 3 is 2.46 bits per heavy atom. The molecule has 26 heavy (non-hydrogen) atoms. The molecule has 3 aromatic rings.